The molecule has 148 valence electrons. The number of anilines is 1. The number of ether oxygens (including phenoxy) is 1. The van der Waals surface area contributed by atoms with Crippen LogP contribution in [0.4, 0.5) is 5.69 Å². The first-order valence-electron chi connectivity index (χ1n) is 8.32. The summed E-state index contributed by atoms with van der Waals surface area (Å²) >= 11 is 3.25. The molecule has 2 N–H and O–H groups in total. The Morgan fingerprint density at radius 2 is 1.75 bits per heavy atom. The van der Waals surface area contributed by atoms with Gasteiger partial charge in [-0.15, -0.1) is 0 Å². The molecule has 0 saturated carbocycles. The van der Waals surface area contributed by atoms with E-state index in [1.54, 1.807) is 12.1 Å². The Balaban J connectivity index is 1.91. The van der Waals surface area contributed by atoms with Crippen molar-refractivity contribution in [3.63, 3.8) is 0 Å². The Kier molecular flexibility index (Phi) is 6.14. The first-order valence-corrected chi connectivity index (χ1v) is 10.5. The second-order valence-corrected chi connectivity index (χ2v) is 8.76. The molecular formula is C18H17BrN2O6S. The molecule has 2 aromatic carbocycles. The maximum Gasteiger partial charge on any atom is 0.337 e. The molecule has 1 fully saturated rings. The Morgan fingerprint density at radius 3 is 2.43 bits per heavy atom. The van der Waals surface area contributed by atoms with Gasteiger partial charge in [0.05, 0.1) is 34.9 Å². The van der Waals surface area contributed by atoms with Gasteiger partial charge in [0.2, 0.25) is 10.0 Å². The van der Waals surface area contributed by atoms with Crippen LogP contribution in [0.15, 0.2) is 51.8 Å². The molecule has 28 heavy (non-hydrogen) atoms. The monoisotopic (exact) mass is 468 g/mol. The van der Waals surface area contributed by atoms with Crippen molar-refractivity contribution < 1.29 is 27.9 Å². The molecule has 0 radical (unpaired) electrons. The van der Waals surface area contributed by atoms with Crippen LogP contribution in [0.2, 0.25) is 0 Å². The molecule has 0 atom stereocenters. The lowest BCUT2D eigenvalue weighted by Crippen LogP contribution is -2.40. The number of halogens is 1. The Hall–Kier alpha value is -2.27. The third-order valence-corrected chi connectivity index (χ3v) is 6.78. The second kappa shape index (κ2) is 8.39. The first-order chi connectivity index (χ1) is 13.3. The van der Waals surface area contributed by atoms with Crippen molar-refractivity contribution in [3.8, 4) is 0 Å². The number of rotatable bonds is 5. The van der Waals surface area contributed by atoms with Crippen LogP contribution in [0.3, 0.4) is 0 Å². The average Bonchev–Trinajstić information content (AvgIpc) is 2.69. The van der Waals surface area contributed by atoms with Gasteiger partial charge in [-0.05, 0) is 46.3 Å². The molecule has 0 unspecified atom stereocenters. The van der Waals surface area contributed by atoms with E-state index in [2.05, 4.69) is 21.2 Å². The number of sulfonamides is 1. The fourth-order valence-corrected chi connectivity index (χ4v) is 4.60. The van der Waals surface area contributed by atoms with Crippen LogP contribution in [0.5, 0.6) is 0 Å². The maximum absolute atomic E-state index is 12.8. The molecule has 10 heteroatoms. The summed E-state index contributed by atoms with van der Waals surface area (Å²) in [6.45, 7) is 1.11. The predicted octanol–water partition coefficient (Wildman–Crippen LogP) is 2.42. The fraction of sp³-hybridized carbons (Fsp3) is 0.222. The van der Waals surface area contributed by atoms with E-state index in [1.807, 2.05) is 0 Å². The molecule has 0 aromatic heterocycles. The van der Waals surface area contributed by atoms with Crippen LogP contribution in [0.1, 0.15) is 20.7 Å². The van der Waals surface area contributed by atoms with Crippen LogP contribution >= 0.6 is 15.9 Å². The normalized spacial score (nSPS) is 15.2. The standard InChI is InChI=1S/C18H17BrN2O6S/c19-15-6-5-12(28(25,26)21-7-9-27-10-8-21)11-14(15)17(22)20-16-4-2-1-3-13(16)18(23)24/h1-6,11H,7-10H2,(H,20,22)(H,23,24). The van der Waals surface area contributed by atoms with Gasteiger partial charge in [0.1, 0.15) is 0 Å². The lowest BCUT2D eigenvalue weighted by atomic mass is 10.1. The summed E-state index contributed by atoms with van der Waals surface area (Å²) < 4.78 is 32.5. The summed E-state index contributed by atoms with van der Waals surface area (Å²) in [4.78, 5) is 24.0. The van der Waals surface area contributed by atoms with Gasteiger partial charge in [-0.1, -0.05) is 12.1 Å². The molecule has 0 spiro atoms. The molecular weight excluding hydrogens is 452 g/mol. The van der Waals surface area contributed by atoms with Crippen molar-refractivity contribution in [3.05, 3.63) is 58.1 Å². The minimum absolute atomic E-state index is 0.0192. The van der Waals surface area contributed by atoms with E-state index >= 15 is 0 Å². The zero-order valence-corrected chi connectivity index (χ0v) is 17.0. The van der Waals surface area contributed by atoms with Gasteiger partial charge in [-0.3, -0.25) is 4.79 Å². The van der Waals surface area contributed by atoms with Crippen LogP contribution in [-0.4, -0.2) is 56.0 Å². The van der Waals surface area contributed by atoms with Crippen LogP contribution < -0.4 is 5.32 Å². The van der Waals surface area contributed by atoms with Crippen LogP contribution in [0.25, 0.3) is 0 Å². The highest BCUT2D eigenvalue weighted by Crippen LogP contribution is 2.25. The van der Waals surface area contributed by atoms with Gasteiger partial charge in [0.15, 0.2) is 0 Å². The summed E-state index contributed by atoms with van der Waals surface area (Å²) in [5, 5.41) is 11.8. The zero-order valence-electron chi connectivity index (χ0n) is 14.6. The molecule has 3 rings (SSSR count). The second-order valence-electron chi connectivity index (χ2n) is 5.96. The molecule has 0 aliphatic carbocycles. The summed E-state index contributed by atoms with van der Waals surface area (Å²) in [7, 11) is -3.77. The SMILES string of the molecule is O=C(Nc1ccccc1C(=O)O)c1cc(S(=O)(=O)N2CCOCC2)ccc1Br. The van der Waals surface area contributed by atoms with Crippen molar-refractivity contribution in [2.24, 2.45) is 0 Å². The Labute approximate surface area is 170 Å². The van der Waals surface area contributed by atoms with Crippen molar-refractivity contribution >= 4 is 43.5 Å². The summed E-state index contributed by atoms with van der Waals surface area (Å²) in [5.74, 6) is -1.81. The van der Waals surface area contributed by atoms with E-state index in [0.717, 1.165) is 0 Å². The number of nitrogens with zero attached hydrogens (tertiary/aromatic N) is 1. The molecule has 8 nitrogen and oxygen atoms in total. The van der Waals surface area contributed by atoms with Gasteiger partial charge in [0.25, 0.3) is 5.91 Å². The molecule has 0 bridgehead atoms. The Bertz CT molecular complexity index is 1020. The third kappa shape index (κ3) is 4.25. The van der Waals surface area contributed by atoms with Gasteiger partial charge >= 0.3 is 5.97 Å². The lowest BCUT2D eigenvalue weighted by Gasteiger charge is -2.26. The summed E-state index contributed by atoms with van der Waals surface area (Å²) in [5.41, 5.74) is 0.131. The smallest absolute Gasteiger partial charge is 0.337 e. The molecule has 1 amide bonds. The van der Waals surface area contributed by atoms with Gasteiger partial charge in [-0.25, -0.2) is 13.2 Å². The number of benzene rings is 2. The van der Waals surface area contributed by atoms with Crippen LogP contribution in [-0.2, 0) is 14.8 Å². The quantitative estimate of drug-likeness (QED) is 0.696. The minimum atomic E-state index is -3.77. The number of amides is 1. The number of carbonyl (C=O) groups is 2. The number of nitrogens with one attached hydrogen (secondary N) is 1. The number of morpholine rings is 1. The van der Waals surface area contributed by atoms with E-state index in [9.17, 15) is 23.1 Å². The topological polar surface area (TPSA) is 113 Å². The number of para-hydroxylation sites is 1. The highest BCUT2D eigenvalue weighted by atomic mass is 79.9. The Morgan fingerprint density at radius 1 is 1.07 bits per heavy atom. The van der Waals surface area contributed by atoms with E-state index in [1.165, 1.54) is 34.6 Å². The molecule has 1 aliphatic heterocycles. The fourth-order valence-electron chi connectivity index (χ4n) is 2.74. The average molecular weight is 469 g/mol. The number of hydrogen-bond donors (Lipinski definition) is 2. The number of carbonyl (C=O) groups excluding carboxylic acids is 1. The van der Waals surface area contributed by atoms with Crippen molar-refractivity contribution in [2.45, 2.75) is 4.90 Å². The highest BCUT2D eigenvalue weighted by Gasteiger charge is 2.27. The maximum atomic E-state index is 12.8. The highest BCUT2D eigenvalue weighted by molar-refractivity contribution is 9.10. The van der Waals surface area contributed by atoms with E-state index in [-0.39, 0.29) is 34.8 Å². The van der Waals surface area contributed by atoms with Crippen molar-refractivity contribution in [1.82, 2.24) is 4.31 Å². The minimum Gasteiger partial charge on any atom is -0.478 e. The first kappa shape index (κ1) is 20.5. The molecule has 2 aromatic rings. The molecule has 1 saturated heterocycles. The van der Waals surface area contributed by atoms with E-state index < -0.39 is 21.9 Å². The molecule has 1 aliphatic rings. The van der Waals surface area contributed by atoms with Gasteiger partial charge in [0, 0.05) is 17.6 Å². The summed E-state index contributed by atoms with van der Waals surface area (Å²) in [6.07, 6.45) is 0. The molecule has 1 heterocycles. The van der Waals surface area contributed by atoms with Gasteiger partial charge < -0.3 is 15.2 Å². The number of hydrogen-bond acceptors (Lipinski definition) is 5. The summed E-state index contributed by atoms with van der Waals surface area (Å²) in [6, 6.07) is 10.1. The number of aromatic carboxylic acids is 1. The van der Waals surface area contributed by atoms with E-state index in [0.29, 0.717) is 17.7 Å². The zero-order chi connectivity index (χ0) is 20.3. The van der Waals surface area contributed by atoms with Crippen molar-refractivity contribution in [2.75, 3.05) is 31.6 Å². The van der Waals surface area contributed by atoms with Crippen molar-refractivity contribution in [1.29, 1.82) is 0 Å². The van der Waals surface area contributed by atoms with Gasteiger partial charge in [-0.2, -0.15) is 4.31 Å². The largest absolute Gasteiger partial charge is 0.478 e. The number of carboxylic acids is 1. The van der Waals surface area contributed by atoms with Crippen LogP contribution in [0, 0.1) is 0 Å². The van der Waals surface area contributed by atoms with E-state index in [4.69, 9.17) is 4.74 Å². The predicted molar refractivity (Wildman–Crippen MR) is 105 cm³/mol. The third-order valence-electron chi connectivity index (χ3n) is 4.20. The number of carboxylic acid groups (broad SMARTS) is 1. The lowest BCUT2D eigenvalue weighted by molar-refractivity contribution is 0.0698.